The van der Waals surface area contributed by atoms with Gasteiger partial charge in [-0.2, -0.15) is 0 Å². The first-order valence-corrected chi connectivity index (χ1v) is 13.6. The highest BCUT2D eigenvalue weighted by molar-refractivity contribution is 7.93. The zero-order chi connectivity index (χ0) is 20.1. The molecule has 0 N–H and O–H groups in total. The van der Waals surface area contributed by atoms with Crippen LogP contribution in [0.15, 0.2) is 103 Å². The van der Waals surface area contributed by atoms with Gasteiger partial charge < -0.3 is 0 Å². The minimum Gasteiger partial charge on any atom is -0.134 e. The first-order chi connectivity index (χ1) is 14.8. The van der Waals surface area contributed by atoms with Crippen molar-refractivity contribution in [1.29, 1.82) is 0 Å². The molecule has 2 aromatic heterocycles. The molecule has 0 saturated heterocycles. The fourth-order valence-corrected chi connectivity index (χ4v) is 10.4. The maximum atomic E-state index is 4.99. The minimum atomic E-state index is -2.02. The van der Waals surface area contributed by atoms with Crippen molar-refractivity contribution in [1.82, 2.24) is 0 Å². The zero-order valence-electron chi connectivity index (χ0n) is 16.3. The lowest BCUT2D eigenvalue weighted by Gasteiger charge is -2.27. The van der Waals surface area contributed by atoms with Gasteiger partial charge in [0.1, 0.15) is 0 Å². The third-order valence-electron chi connectivity index (χ3n) is 5.80. The molecular formula is C27H19PS2. The molecule has 0 amide bonds. The van der Waals surface area contributed by atoms with Crippen LogP contribution < -0.4 is 15.9 Å². The number of hydrogen-bond donors (Lipinski definition) is 0. The molecule has 0 bridgehead atoms. The zero-order valence-corrected chi connectivity index (χ0v) is 18.8. The van der Waals surface area contributed by atoms with Crippen LogP contribution in [0, 0.1) is 0 Å². The van der Waals surface area contributed by atoms with Crippen molar-refractivity contribution in [3.05, 3.63) is 103 Å². The lowest BCUT2D eigenvalue weighted by Crippen LogP contribution is -2.25. The summed E-state index contributed by atoms with van der Waals surface area (Å²) in [6.45, 7) is -2.02. The van der Waals surface area contributed by atoms with Crippen LogP contribution in [0.2, 0.25) is 0 Å². The van der Waals surface area contributed by atoms with Gasteiger partial charge in [0.05, 0.1) is 9.40 Å². The summed E-state index contributed by atoms with van der Waals surface area (Å²) in [6, 6.07) is 37.3. The van der Waals surface area contributed by atoms with Crippen molar-refractivity contribution < 1.29 is 0 Å². The molecule has 0 nitrogen and oxygen atoms in total. The Morgan fingerprint density at radius 1 is 0.533 bits per heavy atom. The lowest BCUT2D eigenvalue weighted by atomic mass is 10.2. The number of thiophene rings is 2. The summed E-state index contributed by atoms with van der Waals surface area (Å²) in [5.41, 5.74) is 0. The summed E-state index contributed by atoms with van der Waals surface area (Å²) in [6.07, 6.45) is 4.99. The molecule has 0 aliphatic heterocycles. The summed E-state index contributed by atoms with van der Waals surface area (Å²) in [4.78, 5) is 0. The van der Waals surface area contributed by atoms with Crippen molar-refractivity contribution in [3.63, 3.8) is 0 Å². The Hall–Kier alpha value is -2.64. The van der Waals surface area contributed by atoms with Gasteiger partial charge in [-0.3, -0.25) is 0 Å². The van der Waals surface area contributed by atoms with Gasteiger partial charge in [-0.1, -0.05) is 97.3 Å². The quantitative estimate of drug-likeness (QED) is 0.261. The topological polar surface area (TPSA) is 0 Å². The molecule has 6 aromatic rings. The smallest absolute Gasteiger partial charge is 0.0548 e. The van der Waals surface area contributed by atoms with E-state index in [-0.39, 0.29) is 0 Å². The maximum absolute atomic E-state index is 4.99. The Morgan fingerprint density at radius 2 is 1.10 bits per heavy atom. The highest BCUT2D eigenvalue weighted by Crippen LogP contribution is 2.49. The predicted octanol–water partition coefficient (Wildman–Crippen LogP) is 7.00. The first kappa shape index (κ1) is 18.2. The summed E-state index contributed by atoms with van der Waals surface area (Å²) >= 11 is 3.84. The molecule has 0 aliphatic carbocycles. The minimum absolute atomic E-state index is 1.32. The van der Waals surface area contributed by atoms with Crippen LogP contribution in [0.25, 0.3) is 29.6 Å². The number of benzene rings is 4. The van der Waals surface area contributed by atoms with Crippen molar-refractivity contribution in [2.75, 3.05) is 0 Å². The molecule has 3 heteroatoms. The summed E-state index contributed by atoms with van der Waals surface area (Å²) < 4.78 is 5.54. The van der Waals surface area contributed by atoms with E-state index in [4.69, 9.17) is 6.30 Å². The van der Waals surface area contributed by atoms with Crippen LogP contribution in [0.5, 0.6) is 0 Å². The van der Waals surface area contributed by atoms with Gasteiger partial charge in [0.25, 0.3) is 0 Å². The van der Waals surface area contributed by atoms with Crippen molar-refractivity contribution in [2.45, 2.75) is 0 Å². The van der Waals surface area contributed by atoms with Crippen LogP contribution >= 0.6 is 29.6 Å². The van der Waals surface area contributed by atoms with Gasteiger partial charge in [0, 0.05) is 20.2 Å². The lowest BCUT2D eigenvalue weighted by molar-refractivity contribution is 1.75. The largest absolute Gasteiger partial charge is 0.134 e. The van der Waals surface area contributed by atoms with E-state index in [0.717, 1.165) is 0 Å². The number of hydrogen-bond acceptors (Lipinski definition) is 2. The van der Waals surface area contributed by atoms with Crippen molar-refractivity contribution in [3.8, 4) is 0 Å². The van der Waals surface area contributed by atoms with Gasteiger partial charge in [-0.15, -0.1) is 22.7 Å². The molecule has 0 aliphatic rings. The molecule has 0 radical (unpaired) electrons. The van der Waals surface area contributed by atoms with E-state index >= 15 is 0 Å². The second-order valence-corrected chi connectivity index (χ2v) is 12.7. The first-order valence-electron chi connectivity index (χ1n) is 9.95. The van der Waals surface area contributed by atoms with E-state index in [1.807, 2.05) is 22.7 Å². The number of fused-ring (bicyclic) bond motifs is 5. The summed E-state index contributed by atoms with van der Waals surface area (Å²) in [5.74, 6) is 0. The van der Waals surface area contributed by atoms with E-state index in [1.165, 1.54) is 45.5 Å². The standard InChI is InChI=1S/C27H19PS2/c1-28(19-11-4-2-5-12-19,20-13-6-3-7-14-20)22-16-10-18-24-25(22)27-26(30-24)21-15-8-9-17-23(21)29-27/h2-18H,1H2. The molecule has 0 spiro atoms. The molecule has 0 atom stereocenters. The maximum Gasteiger partial charge on any atom is 0.0548 e. The number of rotatable bonds is 3. The molecule has 6 rings (SSSR count). The fraction of sp³-hybridized carbons (Fsp3) is 0. The molecule has 4 aromatic carbocycles. The molecule has 0 fully saturated rings. The average Bonchev–Trinajstić information content (AvgIpc) is 3.36. The highest BCUT2D eigenvalue weighted by Gasteiger charge is 2.26. The molecule has 0 saturated carbocycles. The van der Waals surface area contributed by atoms with Crippen LogP contribution in [-0.4, -0.2) is 6.30 Å². The van der Waals surface area contributed by atoms with Crippen molar-refractivity contribution in [2.24, 2.45) is 0 Å². The Labute approximate surface area is 184 Å². The van der Waals surface area contributed by atoms with E-state index in [9.17, 15) is 0 Å². The second-order valence-electron chi connectivity index (χ2n) is 7.49. The Bertz CT molecular complexity index is 1510. The Kier molecular flexibility index (Phi) is 4.21. The molecule has 0 unspecified atom stereocenters. The Morgan fingerprint density at radius 3 is 1.80 bits per heavy atom. The van der Waals surface area contributed by atoms with Crippen LogP contribution in [0.1, 0.15) is 0 Å². The van der Waals surface area contributed by atoms with Crippen LogP contribution in [-0.2, 0) is 0 Å². The second kappa shape index (κ2) is 6.96. The van der Waals surface area contributed by atoms with E-state index in [1.54, 1.807) is 0 Å². The van der Waals surface area contributed by atoms with E-state index < -0.39 is 6.89 Å². The van der Waals surface area contributed by atoms with E-state index in [0.29, 0.717) is 0 Å². The third-order valence-corrected chi connectivity index (χ3v) is 11.9. The van der Waals surface area contributed by atoms with Gasteiger partial charge >= 0.3 is 0 Å². The molecular weight excluding hydrogens is 419 g/mol. The normalized spacial score (nSPS) is 12.1. The monoisotopic (exact) mass is 438 g/mol. The predicted molar refractivity (Wildman–Crippen MR) is 141 cm³/mol. The third kappa shape index (κ3) is 2.58. The highest BCUT2D eigenvalue weighted by atomic mass is 32.1. The summed E-state index contributed by atoms with van der Waals surface area (Å²) in [5, 5.41) is 6.80. The van der Waals surface area contributed by atoms with Gasteiger partial charge in [0.2, 0.25) is 0 Å². The van der Waals surface area contributed by atoms with Crippen molar-refractivity contribution >= 4 is 81.3 Å². The van der Waals surface area contributed by atoms with Crippen LogP contribution in [0.3, 0.4) is 0 Å². The Balaban J connectivity index is 1.77. The van der Waals surface area contributed by atoms with Gasteiger partial charge in [-0.05, 0) is 34.9 Å². The average molecular weight is 439 g/mol. The summed E-state index contributed by atoms with van der Waals surface area (Å²) in [7, 11) is 0. The molecule has 2 heterocycles. The van der Waals surface area contributed by atoms with Crippen LogP contribution in [0.4, 0.5) is 0 Å². The van der Waals surface area contributed by atoms with E-state index in [2.05, 4.69) is 103 Å². The SMILES string of the molecule is C=P(c1ccccc1)(c1ccccc1)c1cccc2sc3c4ccccc4sc3c12. The molecule has 144 valence electrons. The van der Waals surface area contributed by atoms with Gasteiger partial charge in [-0.25, -0.2) is 0 Å². The fourth-order valence-electron chi connectivity index (χ4n) is 4.34. The van der Waals surface area contributed by atoms with Gasteiger partial charge in [0.15, 0.2) is 0 Å². The molecule has 30 heavy (non-hydrogen) atoms.